The van der Waals surface area contributed by atoms with Crippen molar-refractivity contribution in [2.45, 2.75) is 46.2 Å². The fourth-order valence-corrected chi connectivity index (χ4v) is 4.60. The summed E-state index contributed by atoms with van der Waals surface area (Å²) in [7, 11) is -2.39. The van der Waals surface area contributed by atoms with Crippen LogP contribution >= 0.6 is 7.37 Å². The van der Waals surface area contributed by atoms with Crippen LogP contribution < -0.4 is 5.23 Å². The highest BCUT2D eigenvalue weighted by molar-refractivity contribution is 7.60. The van der Waals surface area contributed by atoms with Gasteiger partial charge in [0.1, 0.15) is 5.78 Å². The van der Waals surface area contributed by atoms with Gasteiger partial charge in [-0.2, -0.15) is 0 Å². The number of nitrogens with one attached hydrogen (secondary N) is 1. The summed E-state index contributed by atoms with van der Waals surface area (Å²) in [5.41, 5.74) is -1.44. The molecule has 0 aliphatic rings. The first kappa shape index (κ1) is 21.5. The molecule has 1 radical (unpaired) electrons. The predicted molar refractivity (Wildman–Crippen MR) is 85.9 cm³/mol. The fraction of sp³-hybridized carbons (Fsp3) is 0.846. The summed E-state index contributed by atoms with van der Waals surface area (Å²) >= 11 is 0. The van der Waals surface area contributed by atoms with Crippen molar-refractivity contribution in [2.24, 2.45) is 0 Å². The van der Waals surface area contributed by atoms with E-state index >= 15 is 0 Å². The summed E-state index contributed by atoms with van der Waals surface area (Å²) in [6, 6.07) is -0.817. The smallest absolute Gasteiger partial charge is 0.290 e. The number of ketones is 1. The highest BCUT2D eigenvalue weighted by Crippen LogP contribution is 2.60. The number of carbonyl (C=O) groups excluding carboxylic acids is 2. The van der Waals surface area contributed by atoms with Crippen LogP contribution in [0.15, 0.2) is 0 Å². The second-order valence-electron chi connectivity index (χ2n) is 4.67. The van der Waals surface area contributed by atoms with Gasteiger partial charge < -0.3 is 24.0 Å². The van der Waals surface area contributed by atoms with Crippen molar-refractivity contribution in [2.75, 3.05) is 26.0 Å². The largest absolute Gasteiger partial charge is 0.345 e. The first-order chi connectivity index (χ1) is 10.3. The minimum Gasteiger partial charge on any atom is -0.345 e. The molecule has 0 heterocycles. The monoisotopic (exact) mass is 334 g/mol. The molecule has 0 aromatic heterocycles. The second-order valence-corrected chi connectivity index (χ2v) is 7.45. The van der Waals surface area contributed by atoms with Gasteiger partial charge in [-0.25, -0.2) is 0 Å². The molecule has 7 nitrogen and oxygen atoms in total. The van der Waals surface area contributed by atoms with Gasteiger partial charge in [-0.05, 0) is 34.6 Å². The first-order valence-corrected chi connectivity index (χ1v) is 9.16. The van der Waals surface area contributed by atoms with E-state index in [0.29, 0.717) is 6.19 Å². The molecule has 1 N–H and O–H groups in total. The van der Waals surface area contributed by atoms with E-state index in [0.717, 1.165) is 7.41 Å². The van der Waals surface area contributed by atoms with Gasteiger partial charge in [0, 0.05) is 13.2 Å². The van der Waals surface area contributed by atoms with Gasteiger partial charge >= 0.3 is 0 Å². The number of rotatable bonds is 13. The van der Waals surface area contributed by atoms with E-state index in [-0.39, 0.29) is 31.8 Å². The molecule has 127 valence electrons. The van der Waals surface area contributed by atoms with Crippen LogP contribution in [0.1, 0.15) is 34.6 Å². The molecule has 0 spiro atoms. The Bertz CT molecular complexity index is 400. The number of hydrogen-bond acceptors (Lipinski definition) is 7. The molecule has 0 aromatic rings. The lowest BCUT2D eigenvalue weighted by Gasteiger charge is -2.37. The van der Waals surface area contributed by atoms with Crippen LogP contribution in [-0.4, -0.2) is 56.9 Å². The minimum absolute atomic E-state index is 0.128. The molecule has 1 unspecified atom stereocenters. The summed E-state index contributed by atoms with van der Waals surface area (Å²) < 4.78 is 29.9. The molecule has 9 heteroatoms. The van der Waals surface area contributed by atoms with E-state index < -0.39 is 18.9 Å². The van der Waals surface area contributed by atoms with Gasteiger partial charge in [0.05, 0.1) is 25.0 Å². The molecule has 0 bridgehead atoms. The Hall–Kier alpha value is -0.525. The van der Waals surface area contributed by atoms with Crippen molar-refractivity contribution in [3.05, 3.63) is 0 Å². The average Bonchev–Trinajstić information content (AvgIpc) is 2.43. The predicted octanol–water partition coefficient (Wildman–Crippen LogP) is 1.40. The third kappa shape index (κ3) is 5.93. The van der Waals surface area contributed by atoms with Crippen molar-refractivity contribution in [1.29, 1.82) is 0 Å². The molecule has 0 saturated carbocycles. The summed E-state index contributed by atoms with van der Waals surface area (Å²) in [6.45, 7) is 8.89. The Labute approximate surface area is 133 Å². The van der Waals surface area contributed by atoms with Crippen molar-refractivity contribution >= 4 is 26.8 Å². The highest BCUT2D eigenvalue weighted by atomic mass is 31.2. The topological polar surface area (TPSA) is 90.9 Å². The van der Waals surface area contributed by atoms with Crippen molar-refractivity contribution in [1.82, 2.24) is 5.23 Å². The molecule has 0 amide bonds. The van der Waals surface area contributed by atoms with E-state index in [1.165, 1.54) is 6.92 Å². The molecule has 0 aliphatic carbocycles. The SMILES string of the molecule is CCOC(C)(OCC)P(=O)(C[C@H](N[B]C=O)C(C)=O)OCC. The van der Waals surface area contributed by atoms with E-state index in [1.807, 2.05) is 0 Å². The van der Waals surface area contributed by atoms with Gasteiger partial charge in [0.2, 0.25) is 5.53 Å². The zero-order chi connectivity index (χ0) is 17.2. The zero-order valence-corrected chi connectivity index (χ0v) is 14.9. The number of ether oxygens (including phenoxy) is 2. The summed E-state index contributed by atoms with van der Waals surface area (Å²) in [6.07, 6.45) is 0.392. The maximum absolute atomic E-state index is 13.3. The van der Waals surface area contributed by atoms with E-state index in [4.69, 9.17) is 14.0 Å². The lowest BCUT2D eigenvalue weighted by atomic mass is 9.96. The van der Waals surface area contributed by atoms with Crippen LogP contribution in [0.4, 0.5) is 0 Å². The Kier molecular flexibility index (Phi) is 10.0. The van der Waals surface area contributed by atoms with Gasteiger partial charge in [-0.1, -0.05) is 0 Å². The quantitative estimate of drug-likeness (QED) is 0.236. The summed E-state index contributed by atoms with van der Waals surface area (Å²) in [5.74, 6) is -0.256. The molecule has 22 heavy (non-hydrogen) atoms. The minimum atomic E-state index is -3.49. The van der Waals surface area contributed by atoms with E-state index in [9.17, 15) is 14.2 Å². The standard InChI is InChI=1S/C13H26BNO6P/c1-6-19-13(5,20-7-2)22(18,21-8-3)9-12(11(4)17)15-14-10-16/h10,12,15H,6-9H2,1-5H3/t12-,22?/m0/s1. The van der Waals surface area contributed by atoms with E-state index in [2.05, 4.69) is 5.23 Å². The number of Topliss-reactive ketones (excluding diaryl/α,β-unsaturated/α-hetero) is 1. The van der Waals surface area contributed by atoms with Gasteiger partial charge in [-0.3, -0.25) is 9.36 Å². The van der Waals surface area contributed by atoms with Crippen LogP contribution in [0.5, 0.6) is 0 Å². The Morgan fingerprint density at radius 1 is 1.27 bits per heavy atom. The maximum Gasteiger partial charge on any atom is 0.290 e. The lowest BCUT2D eigenvalue weighted by Crippen LogP contribution is -2.45. The number of hydrogen-bond donors (Lipinski definition) is 1. The summed E-state index contributed by atoms with van der Waals surface area (Å²) in [5, 5.41) is 2.63. The molecule has 2 atom stereocenters. The maximum atomic E-state index is 13.3. The molecular weight excluding hydrogens is 308 g/mol. The van der Waals surface area contributed by atoms with Gasteiger partial charge in [-0.15, -0.1) is 0 Å². The highest BCUT2D eigenvalue weighted by Gasteiger charge is 2.49. The van der Waals surface area contributed by atoms with Crippen LogP contribution in [-0.2, 0) is 28.2 Å². The molecule has 0 saturated heterocycles. The van der Waals surface area contributed by atoms with Crippen LogP contribution in [0.2, 0.25) is 0 Å². The summed E-state index contributed by atoms with van der Waals surface area (Å²) in [4.78, 5) is 22.2. The Balaban J connectivity index is 5.46. The molecular formula is C13H26BNO6P. The van der Waals surface area contributed by atoms with Crippen LogP contribution in [0.3, 0.4) is 0 Å². The first-order valence-electron chi connectivity index (χ1n) is 7.35. The van der Waals surface area contributed by atoms with Gasteiger partial charge in [0.15, 0.2) is 0 Å². The number of carbonyl (C=O) groups is 2. The average molecular weight is 334 g/mol. The van der Waals surface area contributed by atoms with Gasteiger partial charge in [0.25, 0.3) is 14.8 Å². The molecule has 0 fully saturated rings. The third-order valence-corrected chi connectivity index (χ3v) is 6.08. The lowest BCUT2D eigenvalue weighted by molar-refractivity contribution is -0.168. The third-order valence-electron chi connectivity index (χ3n) is 3.06. The second kappa shape index (κ2) is 10.3. The van der Waals surface area contributed by atoms with Crippen LogP contribution in [0.25, 0.3) is 0 Å². The Morgan fingerprint density at radius 2 is 1.82 bits per heavy atom. The Morgan fingerprint density at radius 3 is 2.18 bits per heavy atom. The molecule has 0 aliphatic heterocycles. The molecule has 0 aromatic carbocycles. The fourth-order valence-electron chi connectivity index (χ4n) is 2.01. The zero-order valence-electron chi connectivity index (χ0n) is 14.0. The normalized spacial score (nSPS) is 15.9. The van der Waals surface area contributed by atoms with Crippen LogP contribution in [0, 0.1) is 0 Å². The van der Waals surface area contributed by atoms with Crippen molar-refractivity contribution in [3.63, 3.8) is 0 Å². The van der Waals surface area contributed by atoms with E-state index in [1.54, 1.807) is 27.7 Å². The van der Waals surface area contributed by atoms with Crippen molar-refractivity contribution < 1.29 is 28.2 Å². The van der Waals surface area contributed by atoms with Crippen molar-refractivity contribution in [3.8, 4) is 0 Å². The molecule has 0 rings (SSSR count).